The van der Waals surface area contributed by atoms with Crippen LogP contribution >= 0.6 is 11.6 Å². The second-order valence-electron chi connectivity index (χ2n) is 4.68. The second-order valence-corrected chi connectivity index (χ2v) is 5.09. The zero-order chi connectivity index (χ0) is 13.5. The fourth-order valence-electron chi connectivity index (χ4n) is 2.10. The summed E-state index contributed by atoms with van der Waals surface area (Å²) in [5.41, 5.74) is 2.20. The summed E-state index contributed by atoms with van der Waals surface area (Å²) < 4.78 is 0. The van der Waals surface area contributed by atoms with Gasteiger partial charge in [-0.25, -0.2) is 0 Å². The molecule has 0 heterocycles. The molecule has 1 aliphatic rings. The average molecular weight is 276 g/mol. The molecule has 19 heavy (non-hydrogen) atoms. The van der Waals surface area contributed by atoms with Crippen molar-refractivity contribution < 1.29 is 4.79 Å². The predicted molar refractivity (Wildman–Crippen MR) is 80.0 cm³/mol. The number of hydrogen-bond acceptors (Lipinski definition) is 1. The maximum absolute atomic E-state index is 11.7. The Labute approximate surface area is 119 Å². The highest BCUT2D eigenvalue weighted by Gasteiger charge is 2.04. The van der Waals surface area contributed by atoms with Crippen LogP contribution in [0, 0.1) is 0 Å². The highest BCUT2D eigenvalue weighted by molar-refractivity contribution is 6.32. The summed E-state index contributed by atoms with van der Waals surface area (Å²) in [6.45, 7) is 0.658. The van der Waals surface area contributed by atoms with E-state index in [2.05, 4.69) is 11.4 Å². The van der Waals surface area contributed by atoms with E-state index in [0.29, 0.717) is 11.6 Å². The highest BCUT2D eigenvalue weighted by Crippen LogP contribution is 2.17. The van der Waals surface area contributed by atoms with Gasteiger partial charge < -0.3 is 5.32 Å². The second kappa shape index (κ2) is 7.15. The Morgan fingerprint density at radius 2 is 2.16 bits per heavy atom. The maximum Gasteiger partial charge on any atom is 0.244 e. The molecule has 2 rings (SSSR count). The van der Waals surface area contributed by atoms with Gasteiger partial charge in [-0.05, 0) is 43.4 Å². The maximum atomic E-state index is 11.7. The molecule has 0 aromatic heterocycles. The first kappa shape index (κ1) is 13.9. The zero-order valence-electron chi connectivity index (χ0n) is 10.9. The van der Waals surface area contributed by atoms with Crippen LogP contribution < -0.4 is 5.32 Å². The molecule has 0 spiro atoms. The van der Waals surface area contributed by atoms with Gasteiger partial charge in [0.25, 0.3) is 0 Å². The summed E-state index contributed by atoms with van der Waals surface area (Å²) in [4.78, 5) is 11.7. The molecule has 1 amide bonds. The fraction of sp³-hybridized carbons (Fsp3) is 0.312. The van der Waals surface area contributed by atoms with Gasteiger partial charge in [0, 0.05) is 17.6 Å². The van der Waals surface area contributed by atoms with E-state index in [4.69, 9.17) is 11.6 Å². The van der Waals surface area contributed by atoms with Gasteiger partial charge in [-0.3, -0.25) is 4.79 Å². The molecule has 0 fully saturated rings. The molecule has 1 aromatic rings. The van der Waals surface area contributed by atoms with Crippen molar-refractivity contribution in [3.63, 3.8) is 0 Å². The van der Waals surface area contributed by atoms with E-state index in [0.717, 1.165) is 18.4 Å². The minimum Gasteiger partial charge on any atom is -0.349 e. The Morgan fingerprint density at radius 1 is 1.32 bits per heavy atom. The lowest BCUT2D eigenvalue weighted by Crippen LogP contribution is -2.24. The summed E-state index contributed by atoms with van der Waals surface area (Å²) in [5.74, 6) is -0.0774. The molecule has 0 bridgehead atoms. The van der Waals surface area contributed by atoms with Crippen LogP contribution in [0.2, 0.25) is 5.02 Å². The Morgan fingerprint density at radius 3 is 2.89 bits per heavy atom. The molecular formula is C16H18ClNO. The van der Waals surface area contributed by atoms with Crippen molar-refractivity contribution in [2.24, 2.45) is 0 Å². The van der Waals surface area contributed by atoms with E-state index in [1.807, 2.05) is 24.3 Å². The molecule has 0 saturated carbocycles. The van der Waals surface area contributed by atoms with Crippen LogP contribution in [0.4, 0.5) is 0 Å². The third-order valence-corrected chi connectivity index (χ3v) is 3.54. The lowest BCUT2D eigenvalue weighted by atomic mass is 10.00. The number of carbonyl (C=O) groups is 1. The van der Waals surface area contributed by atoms with E-state index in [1.165, 1.54) is 24.5 Å². The van der Waals surface area contributed by atoms with Crippen molar-refractivity contribution in [1.29, 1.82) is 0 Å². The first-order valence-corrected chi connectivity index (χ1v) is 7.02. The van der Waals surface area contributed by atoms with Crippen LogP contribution in [0.3, 0.4) is 0 Å². The van der Waals surface area contributed by atoms with Gasteiger partial charge in [0.1, 0.15) is 0 Å². The van der Waals surface area contributed by atoms with Crippen molar-refractivity contribution in [2.45, 2.75) is 25.7 Å². The summed E-state index contributed by atoms with van der Waals surface area (Å²) in [5, 5.41) is 3.56. The van der Waals surface area contributed by atoms with Gasteiger partial charge in [-0.15, -0.1) is 0 Å². The minimum atomic E-state index is -0.0774. The molecule has 0 aliphatic heterocycles. The van der Waals surface area contributed by atoms with Crippen LogP contribution in [0.15, 0.2) is 42.0 Å². The summed E-state index contributed by atoms with van der Waals surface area (Å²) in [6, 6.07) is 7.47. The van der Waals surface area contributed by atoms with Gasteiger partial charge >= 0.3 is 0 Å². The molecule has 2 nitrogen and oxygen atoms in total. The lowest BCUT2D eigenvalue weighted by Gasteiger charge is -2.12. The summed E-state index contributed by atoms with van der Waals surface area (Å²) in [6.07, 6.45) is 10.3. The Hall–Kier alpha value is -1.54. The van der Waals surface area contributed by atoms with Crippen molar-refractivity contribution >= 4 is 23.6 Å². The van der Waals surface area contributed by atoms with E-state index in [9.17, 15) is 4.79 Å². The van der Waals surface area contributed by atoms with Crippen LogP contribution in [0.1, 0.15) is 31.2 Å². The Bertz CT molecular complexity index is 505. The summed E-state index contributed by atoms with van der Waals surface area (Å²) in [7, 11) is 0. The Kier molecular flexibility index (Phi) is 5.22. The molecule has 3 heteroatoms. The molecule has 100 valence electrons. The van der Waals surface area contributed by atoms with Crippen molar-refractivity contribution in [3.8, 4) is 0 Å². The number of benzene rings is 1. The van der Waals surface area contributed by atoms with Gasteiger partial charge in [-0.2, -0.15) is 0 Å². The third-order valence-electron chi connectivity index (χ3n) is 3.19. The number of rotatable bonds is 4. The number of amides is 1. The minimum absolute atomic E-state index is 0.0774. The van der Waals surface area contributed by atoms with Crippen molar-refractivity contribution in [2.75, 3.05) is 6.54 Å². The lowest BCUT2D eigenvalue weighted by molar-refractivity contribution is -0.116. The number of carbonyl (C=O) groups excluding carboxylic acids is 1. The molecular weight excluding hydrogens is 258 g/mol. The average Bonchev–Trinajstić information content (AvgIpc) is 2.45. The number of hydrogen-bond donors (Lipinski definition) is 1. The van der Waals surface area contributed by atoms with Gasteiger partial charge in [0.05, 0.1) is 0 Å². The third kappa shape index (κ3) is 4.56. The van der Waals surface area contributed by atoms with E-state index >= 15 is 0 Å². The van der Waals surface area contributed by atoms with Crippen molar-refractivity contribution in [3.05, 3.63) is 52.6 Å². The normalized spacial score (nSPS) is 15.3. The van der Waals surface area contributed by atoms with Crippen molar-refractivity contribution in [1.82, 2.24) is 5.32 Å². The van der Waals surface area contributed by atoms with Gasteiger partial charge in [0.15, 0.2) is 0 Å². The molecule has 1 aliphatic carbocycles. The first-order chi connectivity index (χ1) is 9.25. The van der Waals surface area contributed by atoms with E-state index < -0.39 is 0 Å². The van der Waals surface area contributed by atoms with Gasteiger partial charge in [-0.1, -0.05) is 41.4 Å². The standard InChI is InChI=1S/C16H18ClNO/c17-15-9-5-4-8-14(15)10-11-16(19)18-12-13-6-2-1-3-7-13/h4-6,8-11H,1-3,7,12H2,(H,18,19)/b11-10+. The number of halogens is 1. The van der Waals surface area contributed by atoms with Crippen LogP contribution in [-0.4, -0.2) is 12.5 Å². The van der Waals surface area contributed by atoms with Crippen LogP contribution in [-0.2, 0) is 4.79 Å². The monoisotopic (exact) mass is 275 g/mol. The van der Waals surface area contributed by atoms with Crippen LogP contribution in [0.25, 0.3) is 6.08 Å². The SMILES string of the molecule is O=C(/C=C/c1ccccc1Cl)NCC1=CCCCC1. The highest BCUT2D eigenvalue weighted by atomic mass is 35.5. The van der Waals surface area contributed by atoms with E-state index in [1.54, 1.807) is 6.08 Å². The quantitative estimate of drug-likeness (QED) is 0.654. The molecule has 1 N–H and O–H groups in total. The molecule has 0 radical (unpaired) electrons. The van der Waals surface area contributed by atoms with Crippen LogP contribution in [0.5, 0.6) is 0 Å². The summed E-state index contributed by atoms with van der Waals surface area (Å²) >= 11 is 6.01. The molecule has 0 atom stereocenters. The Balaban J connectivity index is 1.84. The predicted octanol–water partition coefficient (Wildman–Crippen LogP) is 3.97. The largest absolute Gasteiger partial charge is 0.349 e. The molecule has 0 unspecified atom stereocenters. The molecule has 0 saturated heterocycles. The topological polar surface area (TPSA) is 29.1 Å². The smallest absolute Gasteiger partial charge is 0.244 e. The fourth-order valence-corrected chi connectivity index (χ4v) is 2.30. The van der Waals surface area contributed by atoms with E-state index in [-0.39, 0.29) is 5.91 Å². The number of allylic oxidation sites excluding steroid dienone is 1. The number of nitrogens with one attached hydrogen (secondary N) is 1. The first-order valence-electron chi connectivity index (χ1n) is 6.64. The van der Waals surface area contributed by atoms with Gasteiger partial charge in [0.2, 0.25) is 5.91 Å². The zero-order valence-corrected chi connectivity index (χ0v) is 11.6. The molecule has 1 aromatic carbocycles.